The van der Waals surface area contributed by atoms with E-state index in [0.29, 0.717) is 6.10 Å². The van der Waals surface area contributed by atoms with Crippen LogP contribution in [0.2, 0.25) is 0 Å². The lowest BCUT2D eigenvalue weighted by Crippen LogP contribution is -2.35. The molecule has 4 nitrogen and oxygen atoms in total. The topological polar surface area (TPSA) is 39.1 Å². The maximum atomic E-state index is 5.65. The first-order valence-corrected chi connectivity index (χ1v) is 7.33. The maximum absolute atomic E-state index is 5.65. The normalized spacial score (nSPS) is 20.1. The predicted octanol–water partition coefficient (Wildman–Crippen LogP) is 2.65. The van der Waals surface area contributed by atoms with Crippen LogP contribution in [0.1, 0.15) is 51.3 Å². The van der Waals surface area contributed by atoms with Crippen LogP contribution < -0.4 is 5.32 Å². The maximum Gasteiger partial charge on any atom is 0.0638 e. The van der Waals surface area contributed by atoms with Gasteiger partial charge in [0.05, 0.1) is 11.8 Å². The van der Waals surface area contributed by atoms with Crippen molar-refractivity contribution in [1.29, 1.82) is 0 Å². The van der Waals surface area contributed by atoms with Gasteiger partial charge in [0.15, 0.2) is 0 Å². The van der Waals surface area contributed by atoms with E-state index in [1.54, 1.807) is 0 Å². The van der Waals surface area contributed by atoms with Gasteiger partial charge in [-0.05, 0) is 47.0 Å². The largest absolute Gasteiger partial charge is 0.378 e. The number of rotatable bonds is 5. The van der Waals surface area contributed by atoms with E-state index in [-0.39, 0.29) is 5.54 Å². The Morgan fingerprint density at radius 3 is 2.89 bits per heavy atom. The zero-order valence-corrected chi connectivity index (χ0v) is 12.7. The molecule has 1 aromatic heterocycles. The van der Waals surface area contributed by atoms with E-state index < -0.39 is 0 Å². The SMILES string of the molecule is Cc1nn(CCC2CCCO2)cc1CNC(C)(C)C. The summed E-state index contributed by atoms with van der Waals surface area (Å²) in [6.45, 7) is 11.4. The molecule has 4 heteroatoms. The van der Waals surface area contributed by atoms with Crippen LogP contribution in [0, 0.1) is 6.92 Å². The molecular weight excluding hydrogens is 238 g/mol. The van der Waals surface area contributed by atoms with Gasteiger partial charge in [-0.1, -0.05) is 0 Å². The smallest absolute Gasteiger partial charge is 0.0638 e. The van der Waals surface area contributed by atoms with E-state index in [0.717, 1.165) is 31.8 Å². The highest BCUT2D eigenvalue weighted by molar-refractivity contribution is 5.15. The summed E-state index contributed by atoms with van der Waals surface area (Å²) in [5.74, 6) is 0. The van der Waals surface area contributed by atoms with Crippen LogP contribution in [-0.4, -0.2) is 28.0 Å². The Kier molecular flexibility index (Phi) is 4.63. The average molecular weight is 265 g/mol. The van der Waals surface area contributed by atoms with Gasteiger partial charge in [0.1, 0.15) is 0 Å². The lowest BCUT2D eigenvalue weighted by molar-refractivity contribution is 0.0994. The number of aryl methyl sites for hydroxylation is 2. The van der Waals surface area contributed by atoms with Crippen molar-refractivity contribution in [2.24, 2.45) is 0 Å². The fourth-order valence-electron chi connectivity index (χ4n) is 2.36. The van der Waals surface area contributed by atoms with E-state index in [4.69, 9.17) is 4.74 Å². The molecule has 0 bridgehead atoms. The van der Waals surface area contributed by atoms with Gasteiger partial charge >= 0.3 is 0 Å². The molecule has 1 unspecified atom stereocenters. The lowest BCUT2D eigenvalue weighted by Gasteiger charge is -2.20. The van der Waals surface area contributed by atoms with E-state index in [1.165, 1.54) is 18.4 Å². The molecule has 1 N–H and O–H groups in total. The third-order valence-electron chi connectivity index (χ3n) is 3.56. The summed E-state index contributed by atoms with van der Waals surface area (Å²) in [4.78, 5) is 0. The molecule has 0 radical (unpaired) electrons. The Labute approximate surface area is 116 Å². The summed E-state index contributed by atoms with van der Waals surface area (Å²) in [7, 11) is 0. The third-order valence-corrected chi connectivity index (χ3v) is 3.56. The number of nitrogens with one attached hydrogen (secondary N) is 1. The highest BCUT2D eigenvalue weighted by atomic mass is 16.5. The van der Waals surface area contributed by atoms with Gasteiger partial charge in [0.2, 0.25) is 0 Å². The summed E-state index contributed by atoms with van der Waals surface area (Å²) in [6.07, 6.45) is 6.11. The monoisotopic (exact) mass is 265 g/mol. The molecule has 19 heavy (non-hydrogen) atoms. The van der Waals surface area contributed by atoms with Crippen LogP contribution in [0.3, 0.4) is 0 Å². The minimum Gasteiger partial charge on any atom is -0.378 e. The molecule has 0 aliphatic carbocycles. The van der Waals surface area contributed by atoms with Crippen molar-refractivity contribution in [3.8, 4) is 0 Å². The van der Waals surface area contributed by atoms with Crippen molar-refractivity contribution in [1.82, 2.24) is 15.1 Å². The molecule has 1 saturated heterocycles. The molecule has 0 spiro atoms. The summed E-state index contributed by atoms with van der Waals surface area (Å²) in [5.41, 5.74) is 2.57. The van der Waals surface area contributed by atoms with Gasteiger partial charge < -0.3 is 10.1 Å². The van der Waals surface area contributed by atoms with Crippen LogP contribution in [0.5, 0.6) is 0 Å². The molecule has 1 atom stereocenters. The first-order chi connectivity index (χ1) is 8.94. The van der Waals surface area contributed by atoms with Gasteiger partial charge in [-0.25, -0.2) is 0 Å². The summed E-state index contributed by atoms with van der Waals surface area (Å²) in [6, 6.07) is 0. The van der Waals surface area contributed by atoms with Crippen LogP contribution in [0.4, 0.5) is 0 Å². The molecular formula is C15H27N3O. The molecule has 2 heterocycles. The molecule has 1 aliphatic rings. The Hall–Kier alpha value is -0.870. The molecule has 1 aromatic rings. The number of aromatic nitrogens is 2. The summed E-state index contributed by atoms with van der Waals surface area (Å²) in [5, 5.41) is 8.10. The van der Waals surface area contributed by atoms with Gasteiger partial charge in [-0.15, -0.1) is 0 Å². The zero-order valence-electron chi connectivity index (χ0n) is 12.7. The Morgan fingerprint density at radius 1 is 1.47 bits per heavy atom. The molecule has 0 saturated carbocycles. The lowest BCUT2D eigenvalue weighted by atomic mass is 10.1. The molecule has 108 valence electrons. The number of hydrogen-bond acceptors (Lipinski definition) is 3. The molecule has 1 aliphatic heterocycles. The van der Waals surface area contributed by atoms with Gasteiger partial charge in [0.25, 0.3) is 0 Å². The van der Waals surface area contributed by atoms with E-state index in [2.05, 4.69) is 49.0 Å². The Bertz CT molecular complexity index is 400. The van der Waals surface area contributed by atoms with Crippen molar-refractivity contribution in [3.63, 3.8) is 0 Å². The van der Waals surface area contributed by atoms with Crippen molar-refractivity contribution in [2.75, 3.05) is 6.61 Å². The number of hydrogen-bond donors (Lipinski definition) is 1. The van der Waals surface area contributed by atoms with Crippen LogP contribution >= 0.6 is 0 Å². The zero-order chi connectivity index (χ0) is 13.9. The standard InChI is InChI=1S/C15H27N3O/c1-12-13(10-16-15(2,3)4)11-18(17-12)8-7-14-6-5-9-19-14/h11,14,16H,5-10H2,1-4H3. The van der Waals surface area contributed by atoms with E-state index >= 15 is 0 Å². The second-order valence-corrected chi connectivity index (χ2v) is 6.53. The van der Waals surface area contributed by atoms with Gasteiger partial charge in [0, 0.05) is 37.0 Å². The van der Waals surface area contributed by atoms with Crippen molar-refractivity contribution >= 4 is 0 Å². The van der Waals surface area contributed by atoms with Gasteiger partial charge in [-0.2, -0.15) is 5.10 Å². The third kappa shape index (κ3) is 4.62. The number of nitrogens with zero attached hydrogens (tertiary/aromatic N) is 2. The Balaban J connectivity index is 1.85. The quantitative estimate of drug-likeness (QED) is 0.889. The van der Waals surface area contributed by atoms with Crippen molar-refractivity contribution in [3.05, 3.63) is 17.5 Å². The van der Waals surface area contributed by atoms with Gasteiger partial charge in [-0.3, -0.25) is 4.68 Å². The van der Waals surface area contributed by atoms with E-state index in [1.807, 2.05) is 0 Å². The predicted molar refractivity (Wildman–Crippen MR) is 77.1 cm³/mol. The van der Waals surface area contributed by atoms with Crippen LogP contribution in [-0.2, 0) is 17.8 Å². The molecule has 2 rings (SSSR count). The summed E-state index contributed by atoms with van der Waals surface area (Å²) >= 11 is 0. The fourth-order valence-corrected chi connectivity index (χ4v) is 2.36. The van der Waals surface area contributed by atoms with Crippen LogP contribution in [0.15, 0.2) is 6.20 Å². The fraction of sp³-hybridized carbons (Fsp3) is 0.800. The van der Waals surface area contributed by atoms with Crippen LogP contribution in [0.25, 0.3) is 0 Å². The minimum atomic E-state index is 0.145. The average Bonchev–Trinajstić information content (AvgIpc) is 2.92. The molecule has 0 amide bonds. The van der Waals surface area contributed by atoms with Crippen molar-refractivity contribution < 1.29 is 4.74 Å². The first kappa shape index (κ1) is 14.5. The second-order valence-electron chi connectivity index (χ2n) is 6.53. The number of ether oxygens (including phenoxy) is 1. The second kappa shape index (κ2) is 6.06. The molecule has 0 aromatic carbocycles. The first-order valence-electron chi connectivity index (χ1n) is 7.33. The highest BCUT2D eigenvalue weighted by Gasteiger charge is 2.16. The summed E-state index contributed by atoms with van der Waals surface area (Å²) < 4.78 is 7.72. The Morgan fingerprint density at radius 2 is 2.26 bits per heavy atom. The van der Waals surface area contributed by atoms with Crippen molar-refractivity contribution in [2.45, 2.75) is 71.7 Å². The minimum absolute atomic E-state index is 0.145. The molecule has 1 fully saturated rings. The highest BCUT2D eigenvalue weighted by Crippen LogP contribution is 2.16. The van der Waals surface area contributed by atoms with E-state index in [9.17, 15) is 0 Å².